The highest BCUT2D eigenvalue weighted by atomic mass is 19.3. The van der Waals surface area contributed by atoms with Crippen LogP contribution in [0.2, 0.25) is 0 Å². The fourth-order valence-corrected chi connectivity index (χ4v) is 12.0. The highest BCUT2D eigenvalue weighted by Gasteiger charge is 2.48. The summed E-state index contributed by atoms with van der Waals surface area (Å²) >= 11 is 0. The lowest BCUT2D eigenvalue weighted by molar-refractivity contribution is -0.136. The van der Waals surface area contributed by atoms with Crippen LogP contribution in [0.3, 0.4) is 0 Å². The van der Waals surface area contributed by atoms with Crippen LogP contribution < -0.4 is 20.9 Å². The van der Waals surface area contributed by atoms with E-state index in [1.165, 1.54) is 0 Å². The zero-order chi connectivity index (χ0) is 44.6. The van der Waals surface area contributed by atoms with Crippen molar-refractivity contribution in [3.63, 3.8) is 0 Å². The molecule has 15 nitrogen and oxygen atoms in total. The highest BCUT2D eigenvalue weighted by Crippen LogP contribution is 2.53. The number of hydrogen-bond acceptors (Lipinski definition) is 11. The van der Waals surface area contributed by atoms with Crippen LogP contribution in [0.1, 0.15) is 120 Å². The molecule has 2 saturated carbocycles. The van der Waals surface area contributed by atoms with E-state index < -0.39 is 47.7 Å². The van der Waals surface area contributed by atoms with Gasteiger partial charge in [-0.3, -0.25) is 38.9 Å². The number of aromatic nitrogens is 3. The molecule has 65 heavy (non-hydrogen) atoms. The van der Waals surface area contributed by atoms with Gasteiger partial charge in [-0.1, -0.05) is 18.2 Å². The monoisotopic (exact) mass is 889 g/mol. The molecule has 4 saturated heterocycles. The molecule has 2 aliphatic carbocycles. The van der Waals surface area contributed by atoms with Crippen molar-refractivity contribution in [1.29, 1.82) is 0 Å². The number of rotatable bonds is 11. The second kappa shape index (κ2) is 16.6. The SMILES string of the molecule is O=C1CCC(N2C(=O)c3cccc(NCC4CC5(CCN(C[C@H]6CC[C@H](n7cc(NC(=O)c8cccc9ccc(N%10C[C@H]%11C[C@@H]%10CO%11)nc89)c(C(F)F)n7)CC6)CC5)C4)c3C2=O)C(=O)N1. The quantitative estimate of drug-likeness (QED) is 0.144. The largest absolute Gasteiger partial charge is 0.384 e. The maximum atomic E-state index is 14.4. The molecule has 5 amide bonds. The van der Waals surface area contributed by atoms with E-state index in [0.29, 0.717) is 52.7 Å². The Bertz CT molecular complexity index is 2580. The molecule has 17 heteroatoms. The van der Waals surface area contributed by atoms with Gasteiger partial charge in [0.25, 0.3) is 24.1 Å². The van der Waals surface area contributed by atoms with E-state index >= 15 is 0 Å². The molecule has 1 spiro atoms. The first kappa shape index (κ1) is 41.9. The van der Waals surface area contributed by atoms with Crippen molar-refractivity contribution in [1.82, 2.24) is 29.9 Å². The van der Waals surface area contributed by atoms with E-state index in [2.05, 4.69) is 30.8 Å². The lowest BCUT2D eigenvalue weighted by Crippen LogP contribution is -2.54. The number of ether oxygens (including phenoxy) is 1. The number of para-hydroxylation sites is 1. The number of pyridine rings is 1. The zero-order valence-corrected chi connectivity index (χ0v) is 36.1. The number of alkyl halides is 2. The lowest BCUT2D eigenvalue weighted by atomic mass is 9.57. The molecule has 2 aromatic carbocycles. The molecule has 0 radical (unpaired) electrons. The summed E-state index contributed by atoms with van der Waals surface area (Å²) in [5.41, 5.74) is 1.93. The van der Waals surface area contributed by atoms with Gasteiger partial charge in [-0.2, -0.15) is 5.10 Å². The number of benzene rings is 2. The van der Waals surface area contributed by atoms with Gasteiger partial charge in [0.15, 0.2) is 5.69 Å². The maximum Gasteiger partial charge on any atom is 0.284 e. The second-order valence-corrected chi connectivity index (χ2v) is 19.5. The van der Waals surface area contributed by atoms with E-state index in [1.807, 2.05) is 18.2 Å². The summed E-state index contributed by atoms with van der Waals surface area (Å²) in [6.07, 6.45) is 8.16. The molecular formula is C48H53F2N9O6. The normalized spacial score (nSPS) is 26.6. The van der Waals surface area contributed by atoms with Crippen molar-refractivity contribution in [2.24, 2.45) is 17.3 Å². The standard InChI is InChI=1S/C48H53F2N9O6/c49-43(50)42-36(52-44(61)34-5-1-3-29-9-13-38(53-41(29)34)57-24-32-19-31(57)26-65-32)25-58(55-42)30-10-7-27(8-11-30)23-56-17-15-48(16-18-56)20-28(21-48)22-51-35-6-2-4-33-40(35)47(64)59(46(33)63)37-12-14-39(60)54-45(37)62/h1-6,9,13,25,27-28,30-32,37,43,51H,7-8,10-12,14-24,26H2,(H,52,61)(H,54,60,62)/t27-,30-,31-,32-,37?/m1/s1. The predicted molar refractivity (Wildman–Crippen MR) is 236 cm³/mol. The first-order valence-corrected chi connectivity index (χ1v) is 23.3. The summed E-state index contributed by atoms with van der Waals surface area (Å²) in [4.78, 5) is 75.4. The molecule has 340 valence electrons. The molecule has 1 unspecified atom stereocenters. The number of halogens is 2. The van der Waals surface area contributed by atoms with Gasteiger partial charge in [0.1, 0.15) is 11.9 Å². The molecule has 7 aliphatic rings. The minimum Gasteiger partial charge on any atom is -0.384 e. The smallest absolute Gasteiger partial charge is 0.284 e. The first-order chi connectivity index (χ1) is 31.5. The molecule has 7 heterocycles. The Kier molecular flexibility index (Phi) is 10.7. The second-order valence-electron chi connectivity index (χ2n) is 19.5. The number of fused-ring (bicyclic) bond motifs is 4. The third-order valence-electron chi connectivity index (χ3n) is 15.5. The average Bonchev–Trinajstić information content (AvgIpc) is 4.10. The Hall–Kier alpha value is -5.81. The van der Waals surface area contributed by atoms with Crippen LogP contribution >= 0.6 is 0 Å². The zero-order valence-electron chi connectivity index (χ0n) is 36.1. The van der Waals surface area contributed by atoms with Crippen LogP contribution in [0.15, 0.2) is 54.7 Å². The number of hydrogen-bond donors (Lipinski definition) is 3. The third kappa shape index (κ3) is 7.73. The predicted octanol–water partition coefficient (Wildman–Crippen LogP) is 6.34. The molecule has 3 N–H and O–H groups in total. The van der Waals surface area contributed by atoms with E-state index in [0.717, 1.165) is 100 Å². The van der Waals surface area contributed by atoms with Crippen LogP contribution in [-0.4, -0.2) is 112 Å². The molecule has 2 aromatic heterocycles. The van der Waals surface area contributed by atoms with Crippen molar-refractivity contribution in [3.05, 3.63) is 77.1 Å². The minimum atomic E-state index is -2.85. The molecule has 11 rings (SSSR count). The molecule has 3 atom stereocenters. The van der Waals surface area contributed by atoms with E-state index in [1.54, 1.807) is 41.2 Å². The number of imide groups is 2. The number of nitrogens with one attached hydrogen (secondary N) is 3. The number of morpholine rings is 1. The molecule has 5 aliphatic heterocycles. The Morgan fingerprint density at radius 2 is 1.71 bits per heavy atom. The lowest BCUT2D eigenvalue weighted by Gasteiger charge is -2.53. The van der Waals surface area contributed by atoms with E-state index in [-0.39, 0.29) is 42.3 Å². The van der Waals surface area contributed by atoms with Crippen molar-refractivity contribution in [2.45, 2.75) is 101 Å². The van der Waals surface area contributed by atoms with Crippen LogP contribution in [0.5, 0.6) is 0 Å². The van der Waals surface area contributed by atoms with Gasteiger partial charge in [0.2, 0.25) is 11.8 Å². The number of anilines is 3. The molecular weight excluding hydrogens is 837 g/mol. The van der Waals surface area contributed by atoms with Crippen LogP contribution in [0.25, 0.3) is 10.9 Å². The van der Waals surface area contributed by atoms with Gasteiger partial charge < -0.3 is 25.2 Å². The summed E-state index contributed by atoms with van der Waals surface area (Å²) in [7, 11) is 0. The van der Waals surface area contributed by atoms with Gasteiger partial charge in [-0.15, -0.1) is 0 Å². The van der Waals surface area contributed by atoms with Gasteiger partial charge in [0, 0.05) is 43.3 Å². The highest BCUT2D eigenvalue weighted by molar-refractivity contribution is 6.25. The number of piperidine rings is 2. The fraction of sp³-hybridized carbons (Fsp3) is 0.521. The number of carbonyl (C=O) groups is 5. The number of nitrogens with zero attached hydrogens (tertiary/aromatic N) is 6. The Morgan fingerprint density at radius 1 is 0.908 bits per heavy atom. The van der Waals surface area contributed by atoms with Gasteiger partial charge in [-0.05, 0) is 125 Å². The third-order valence-corrected chi connectivity index (χ3v) is 15.5. The first-order valence-electron chi connectivity index (χ1n) is 23.3. The molecule has 2 bridgehead atoms. The Balaban J connectivity index is 0.651. The van der Waals surface area contributed by atoms with E-state index in [4.69, 9.17) is 9.72 Å². The Morgan fingerprint density at radius 3 is 2.45 bits per heavy atom. The van der Waals surface area contributed by atoms with Gasteiger partial charge in [0.05, 0.1) is 52.7 Å². The van der Waals surface area contributed by atoms with Crippen molar-refractivity contribution in [3.8, 4) is 0 Å². The van der Waals surface area contributed by atoms with Crippen molar-refractivity contribution in [2.75, 3.05) is 54.9 Å². The summed E-state index contributed by atoms with van der Waals surface area (Å²) in [6, 6.07) is 13.7. The maximum absolute atomic E-state index is 14.4. The van der Waals surface area contributed by atoms with Crippen LogP contribution in [-0.2, 0) is 14.3 Å². The van der Waals surface area contributed by atoms with Crippen molar-refractivity contribution >= 4 is 57.6 Å². The summed E-state index contributed by atoms with van der Waals surface area (Å²) in [5.74, 6) is -0.783. The summed E-state index contributed by atoms with van der Waals surface area (Å²) in [6.45, 7) is 5.21. The fourth-order valence-electron chi connectivity index (χ4n) is 12.0. The summed E-state index contributed by atoms with van der Waals surface area (Å²) < 4.78 is 36.2. The average molecular weight is 890 g/mol. The number of likely N-dealkylation sites (tertiary alicyclic amines) is 1. The molecule has 4 aromatic rings. The van der Waals surface area contributed by atoms with E-state index in [9.17, 15) is 32.8 Å². The minimum absolute atomic E-state index is 0.0269. The van der Waals surface area contributed by atoms with Crippen LogP contribution in [0.4, 0.5) is 26.0 Å². The summed E-state index contributed by atoms with van der Waals surface area (Å²) in [5, 5.41) is 13.6. The van der Waals surface area contributed by atoms with Gasteiger partial charge in [-0.25, -0.2) is 13.8 Å². The van der Waals surface area contributed by atoms with Crippen LogP contribution in [0, 0.1) is 17.3 Å². The Labute approximate surface area is 374 Å². The van der Waals surface area contributed by atoms with Gasteiger partial charge >= 0.3 is 0 Å². The van der Waals surface area contributed by atoms with Crippen molar-refractivity contribution < 1.29 is 37.5 Å². The molecule has 6 fully saturated rings. The topological polar surface area (TPSA) is 171 Å². The number of amides is 5. The number of carbonyl (C=O) groups excluding carboxylic acids is 5.